The lowest BCUT2D eigenvalue weighted by molar-refractivity contribution is -0.108. The molecule has 0 aromatic heterocycles. The molecule has 130 valence electrons. The molecule has 2 aromatic rings. The van der Waals surface area contributed by atoms with Crippen molar-refractivity contribution < 1.29 is 14.0 Å². The number of aldehydes is 1. The van der Waals surface area contributed by atoms with E-state index in [-0.39, 0.29) is 11.4 Å². The third-order valence-electron chi connectivity index (χ3n) is 4.85. The summed E-state index contributed by atoms with van der Waals surface area (Å²) < 4.78 is 14.4. The maximum absolute atomic E-state index is 14.4. The maximum atomic E-state index is 14.4. The standard InChI is InChI=1S/C20H21FN2O2/c1-22-20(10-5-11-24)13-23(14-20)19(25)16-8-9-17(18(21)12-16)15-6-3-2-4-7-15/h2-4,6-9,11-12,22H,5,10,13-14H2,1H3. The molecule has 4 nitrogen and oxygen atoms in total. The molecule has 25 heavy (non-hydrogen) atoms. The van der Waals surface area contributed by atoms with Gasteiger partial charge in [-0.15, -0.1) is 0 Å². The minimum Gasteiger partial charge on any atom is -0.335 e. The molecular weight excluding hydrogens is 319 g/mol. The molecule has 0 atom stereocenters. The van der Waals surface area contributed by atoms with Gasteiger partial charge in [0, 0.05) is 30.6 Å². The van der Waals surface area contributed by atoms with Crippen LogP contribution in [0.4, 0.5) is 4.39 Å². The fourth-order valence-corrected chi connectivity index (χ4v) is 3.29. The average molecular weight is 340 g/mol. The fraction of sp³-hybridized carbons (Fsp3) is 0.300. The number of hydrogen-bond acceptors (Lipinski definition) is 3. The van der Waals surface area contributed by atoms with Crippen LogP contribution >= 0.6 is 0 Å². The smallest absolute Gasteiger partial charge is 0.254 e. The molecule has 1 heterocycles. The Bertz CT molecular complexity index is 771. The molecule has 5 heteroatoms. The van der Waals surface area contributed by atoms with Crippen LogP contribution in [-0.4, -0.2) is 42.8 Å². The van der Waals surface area contributed by atoms with Gasteiger partial charge in [-0.3, -0.25) is 4.79 Å². The Hall–Kier alpha value is -2.53. The molecule has 0 unspecified atom stereocenters. The van der Waals surface area contributed by atoms with Crippen LogP contribution in [0.2, 0.25) is 0 Å². The summed E-state index contributed by atoms with van der Waals surface area (Å²) in [5.74, 6) is -0.589. The summed E-state index contributed by atoms with van der Waals surface area (Å²) in [6, 6.07) is 13.9. The molecule has 3 rings (SSSR count). The summed E-state index contributed by atoms with van der Waals surface area (Å²) in [4.78, 5) is 24.8. The zero-order chi connectivity index (χ0) is 17.9. The number of benzene rings is 2. The number of amides is 1. The molecule has 1 aliphatic rings. The van der Waals surface area contributed by atoms with Gasteiger partial charge in [-0.1, -0.05) is 36.4 Å². The van der Waals surface area contributed by atoms with E-state index in [4.69, 9.17) is 0 Å². The van der Waals surface area contributed by atoms with E-state index < -0.39 is 5.82 Å². The van der Waals surface area contributed by atoms with Crippen molar-refractivity contribution >= 4 is 12.2 Å². The van der Waals surface area contributed by atoms with Crippen LogP contribution in [-0.2, 0) is 4.79 Å². The highest BCUT2D eigenvalue weighted by molar-refractivity contribution is 5.95. The lowest BCUT2D eigenvalue weighted by Gasteiger charge is -2.50. The number of halogens is 1. The van der Waals surface area contributed by atoms with Crippen LogP contribution in [0.25, 0.3) is 11.1 Å². The van der Waals surface area contributed by atoms with Gasteiger partial charge in [0.05, 0.1) is 5.54 Å². The van der Waals surface area contributed by atoms with E-state index in [9.17, 15) is 14.0 Å². The Balaban J connectivity index is 1.72. The third-order valence-corrected chi connectivity index (χ3v) is 4.85. The van der Waals surface area contributed by atoms with Crippen LogP contribution < -0.4 is 5.32 Å². The quantitative estimate of drug-likeness (QED) is 0.823. The Morgan fingerprint density at radius 2 is 1.96 bits per heavy atom. The van der Waals surface area contributed by atoms with Crippen molar-refractivity contribution in [2.45, 2.75) is 18.4 Å². The highest BCUT2D eigenvalue weighted by atomic mass is 19.1. The summed E-state index contributed by atoms with van der Waals surface area (Å²) in [6.07, 6.45) is 2.04. The molecule has 1 amide bonds. The van der Waals surface area contributed by atoms with Gasteiger partial charge >= 0.3 is 0 Å². The fourth-order valence-electron chi connectivity index (χ4n) is 3.29. The molecule has 1 fully saturated rings. The largest absolute Gasteiger partial charge is 0.335 e. The second kappa shape index (κ2) is 7.15. The Morgan fingerprint density at radius 1 is 1.24 bits per heavy atom. The first kappa shape index (κ1) is 17.3. The first-order valence-corrected chi connectivity index (χ1v) is 8.35. The van der Waals surface area contributed by atoms with Gasteiger partial charge in [0.25, 0.3) is 5.91 Å². The number of nitrogens with one attached hydrogen (secondary N) is 1. The Labute approximate surface area is 146 Å². The second-order valence-corrected chi connectivity index (χ2v) is 6.46. The molecule has 0 saturated carbocycles. The third kappa shape index (κ3) is 3.46. The van der Waals surface area contributed by atoms with E-state index in [0.717, 1.165) is 11.8 Å². The molecular formula is C20H21FN2O2. The number of rotatable bonds is 6. The van der Waals surface area contributed by atoms with Crippen molar-refractivity contribution in [1.82, 2.24) is 10.2 Å². The van der Waals surface area contributed by atoms with Crippen LogP contribution in [0, 0.1) is 5.82 Å². The van der Waals surface area contributed by atoms with E-state index in [1.165, 1.54) is 6.07 Å². The van der Waals surface area contributed by atoms with Crippen LogP contribution in [0.3, 0.4) is 0 Å². The van der Waals surface area contributed by atoms with Crippen LogP contribution in [0.1, 0.15) is 23.2 Å². The first-order chi connectivity index (χ1) is 12.1. The molecule has 2 aromatic carbocycles. The minimum absolute atomic E-state index is 0.185. The number of likely N-dealkylation sites (N-methyl/N-ethyl adjacent to an activating group) is 1. The normalized spacial score (nSPS) is 15.5. The first-order valence-electron chi connectivity index (χ1n) is 8.35. The van der Waals surface area contributed by atoms with Crippen molar-refractivity contribution in [3.8, 4) is 11.1 Å². The average Bonchev–Trinajstić information content (AvgIpc) is 2.61. The predicted molar refractivity (Wildman–Crippen MR) is 94.8 cm³/mol. The Morgan fingerprint density at radius 3 is 2.56 bits per heavy atom. The summed E-state index contributed by atoms with van der Waals surface area (Å²) in [6.45, 7) is 1.05. The van der Waals surface area contributed by atoms with Crippen LogP contribution in [0.15, 0.2) is 48.5 Å². The van der Waals surface area contributed by atoms with E-state index in [2.05, 4.69) is 5.32 Å². The number of likely N-dealkylation sites (tertiary alicyclic amines) is 1. The molecule has 1 saturated heterocycles. The number of carbonyl (C=O) groups is 2. The topological polar surface area (TPSA) is 49.4 Å². The zero-order valence-electron chi connectivity index (χ0n) is 14.2. The zero-order valence-corrected chi connectivity index (χ0v) is 14.2. The molecule has 0 bridgehead atoms. The van der Waals surface area contributed by atoms with Crippen LogP contribution in [0.5, 0.6) is 0 Å². The second-order valence-electron chi connectivity index (χ2n) is 6.46. The van der Waals surface area contributed by atoms with Crippen molar-refractivity contribution in [3.05, 3.63) is 59.9 Å². The van der Waals surface area contributed by atoms with E-state index >= 15 is 0 Å². The van der Waals surface area contributed by atoms with Gasteiger partial charge in [0.2, 0.25) is 0 Å². The summed E-state index contributed by atoms with van der Waals surface area (Å²) in [5.41, 5.74) is 1.40. The van der Waals surface area contributed by atoms with E-state index in [1.807, 2.05) is 37.4 Å². The molecule has 0 aliphatic carbocycles. The lowest BCUT2D eigenvalue weighted by Crippen LogP contribution is -2.69. The summed E-state index contributed by atoms with van der Waals surface area (Å²) >= 11 is 0. The molecule has 1 N–H and O–H groups in total. The monoisotopic (exact) mass is 340 g/mol. The minimum atomic E-state index is -0.404. The SMILES string of the molecule is CNC1(CCC=O)CN(C(=O)c2ccc(-c3ccccc3)c(F)c2)C1. The van der Waals surface area contributed by atoms with Gasteiger partial charge in [0.1, 0.15) is 12.1 Å². The molecule has 0 spiro atoms. The molecule has 1 aliphatic heterocycles. The van der Waals surface area contributed by atoms with Gasteiger partial charge in [0.15, 0.2) is 0 Å². The number of hydrogen-bond donors (Lipinski definition) is 1. The lowest BCUT2D eigenvalue weighted by atomic mass is 9.84. The highest BCUT2D eigenvalue weighted by Gasteiger charge is 2.43. The number of nitrogens with zero attached hydrogens (tertiary/aromatic N) is 1. The van der Waals surface area contributed by atoms with E-state index in [0.29, 0.717) is 37.1 Å². The summed E-state index contributed by atoms with van der Waals surface area (Å²) in [7, 11) is 1.83. The van der Waals surface area contributed by atoms with Crippen molar-refractivity contribution in [1.29, 1.82) is 0 Å². The summed E-state index contributed by atoms with van der Waals surface area (Å²) in [5, 5.41) is 3.20. The number of carbonyl (C=O) groups excluding carboxylic acids is 2. The van der Waals surface area contributed by atoms with Crippen molar-refractivity contribution in [3.63, 3.8) is 0 Å². The van der Waals surface area contributed by atoms with Crippen molar-refractivity contribution in [2.24, 2.45) is 0 Å². The highest BCUT2D eigenvalue weighted by Crippen LogP contribution is 2.28. The maximum Gasteiger partial charge on any atom is 0.254 e. The van der Waals surface area contributed by atoms with Gasteiger partial charge in [-0.25, -0.2) is 4.39 Å². The van der Waals surface area contributed by atoms with Gasteiger partial charge < -0.3 is 15.0 Å². The Kier molecular flexibility index (Phi) is 4.95. The van der Waals surface area contributed by atoms with E-state index in [1.54, 1.807) is 17.0 Å². The predicted octanol–water partition coefficient (Wildman–Crippen LogP) is 2.89. The van der Waals surface area contributed by atoms with Gasteiger partial charge in [-0.2, -0.15) is 0 Å². The van der Waals surface area contributed by atoms with Crippen molar-refractivity contribution in [2.75, 3.05) is 20.1 Å². The molecule has 0 radical (unpaired) electrons. The van der Waals surface area contributed by atoms with Gasteiger partial charge in [-0.05, 0) is 31.2 Å².